The van der Waals surface area contributed by atoms with Crippen LogP contribution in [0.5, 0.6) is 5.75 Å². The molecule has 1 atom stereocenters. The van der Waals surface area contributed by atoms with Gasteiger partial charge in [-0.25, -0.2) is 0 Å². The van der Waals surface area contributed by atoms with Crippen molar-refractivity contribution in [1.29, 1.82) is 0 Å². The highest BCUT2D eigenvalue weighted by molar-refractivity contribution is 8.01. The number of aryl methyl sites for hydroxylation is 1. The number of hydrogen-bond donors (Lipinski definition) is 2. The molecule has 0 bridgehead atoms. The van der Waals surface area contributed by atoms with Crippen molar-refractivity contribution in [3.63, 3.8) is 0 Å². The fraction of sp³-hybridized carbons (Fsp3) is 0.333. The molecule has 2 aromatic carbocycles. The molecule has 0 aliphatic carbocycles. The molecule has 0 aromatic heterocycles. The Hall–Kier alpha value is -2.47. The van der Waals surface area contributed by atoms with Crippen molar-refractivity contribution in [1.82, 2.24) is 0 Å². The SMILES string of the molecule is CCOc1ccc(NC(=O)CS[C@@H](C)C(=O)Nc2ccc(CC)cc2)cc1. The predicted octanol–water partition coefficient (Wildman–Crippen LogP) is 4.35. The number of ether oxygens (including phenoxy) is 1. The maximum absolute atomic E-state index is 12.3. The number of benzene rings is 2. The van der Waals surface area contributed by atoms with Gasteiger partial charge in [0, 0.05) is 11.4 Å². The highest BCUT2D eigenvalue weighted by atomic mass is 32.2. The summed E-state index contributed by atoms with van der Waals surface area (Å²) < 4.78 is 5.37. The number of amides is 2. The Morgan fingerprint density at radius 3 is 2.15 bits per heavy atom. The zero-order valence-corrected chi connectivity index (χ0v) is 16.8. The Kier molecular flexibility index (Phi) is 8.20. The van der Waals surface area contributed by atoms with E-state index in [4.69, 9.17) is 4.74 Å². The number of carbonyl (C=O) groups is 2. The second kappa shape index (κ2) is 10.6. The highest BCUT2D eigenvalue weighted by Gasteiger charge is 2.15. The molecule has 6 heteroatoms. The maximum atomic E-state index is 12.3. The summed E-state index contributed by atoms with van der Waals surface area (Å²) in [6.45, 7) is 6.41. The first-order chi connectivity index (χ1) is 13.0. The zero-order chi connectivity index (χ0) is 19.6. The largest absolute Gasteiger partial charge is 0.494 e. The third-order valence-electron chi connectivity index (χ3n) is 3.91. The quantitative estimate of drug-likeness (QED) is 0.672. The molecule has 2 N–H and O–H groups in total. The Balaban J connectivity index is 1.76. The van der Waals surface area contributed by atoms with Gasteiger partial charge in [0.05, 0.1) is 17.6 Å². The molecule has 2 aromatic rings. The fourth-order valence-corrected chi connectivity index (χ4v) is 3.03. The van der Waals surface area contributed by atoms with E-state index in [2.05, 4.69) is 17.6 Å². The van der Waals surface area contributed by atoms with Crippen molar-refractivity contribution in [3.8, 4) is 5.75 Å². The van der Waals surface area contributed by atoms with Crippen LogP contribution in [0, 0.1) is 0 Å². The lowest BCUT2D eigenvalue weighted by Gasteiger charge is -2.12. The van der Waals surface area contributed by atoms with Gasteiger partial charge in [-0.15, -0.1) is 11.8 Å². The third kappa shape index (κ3) is 6.98. The summed E-state index contributed by atoms with van der Waals surface area (Å²) in [5.74, 6) is 0.715. The molecule has 0 radical (unpaired) electrons. The lowest BCUT2D eigenvalue weighted by atomic mass is 10.1. The van der Waals surface area contributed by atoms with E-state index in [-0.39, 0.29) is 22.8 Å². The highest BCUT2D eigenvalue weighted by Crippen LogP contribution is 2.18. The number of hydrogen-bond acceptors (Lipinski definition) is 4. The van der Waals surface area contributed by atoms with Crippen LogP contribution in [0.3, 0.4) is 0 Å². The minimum Gasteiger partial charge on any atom is -0.494 e. The predicted molar refractivity (Wildman–Crippen MR) is 113 cm³/mol. The second-order valence-electron chi connectivity index (χ2n) is 6.00. The van der Waals surface area contributed by atoms with Gasteiger partial charge in [-0.1, -0.05) is 19.1 Å². The van der Waals surface area contributed by atoms with Gasteiger partial charge < -0.3 is 15.4 Å². The molecule has 0 saturated heterocycles. The Morgan fingerprint density at radius 2 is 1.56 bits per heavy atom. The van der Waals surface area contributed by atoms with Crippen molar-refractivity contribution >= 4 is 35.0 Å². The minimum atomic E-state index is -0.332. The summed E-state index contributed by atoms with van der Waals surface area (Å²) >= 11 is 1.30. The topological polar surface area (TPSA) is 67.4 Å². The van der Waals surface area contributed by atoms with Crippen LogP contribution >= 0.6 is 11.8 Å². The first-order valence-corrected chi connectivity index (χ1v) is 10.1. The van der Waals surface area contributed by atoms with Gasteiger partial charge in [0.15, 0.2) is 0 Å². The van der Waals surface area contributed by atoms with Crippen LogP contribution in [0.1, 0.15) is 26.3 Å². The number of thioether (sulfide) groups is 1. The van der Waals surface area contributed by atoms with Crippen LogP contribution in [-0.4, -0.2) is 29.4 Å². The van der Waals surface area contributed by atoms with Gasteiger partial charge in [-0.2, -0.15) is 0 Å². The number of carbonyl (C=O) groups excluding carboxylic acids is 2. The number of nitrogens with one attached hydrogen (secondary N) is 2. The summed E-state index contributed by atoms with van der Waals surface area (Å²) in [7, 11) is 0. The van der Waals surface area contributed by atoms with E-state index in [0.717, 1.165) is 17.9 Å². The molecule has 0 unspecified atom stereocenters. The summed E-state index contributed by atoms with van der Waals surface area (Å²) in [5, 5.41) is 5.37. The van der Waals surface area contributed by atoms with Crippen molar-refractivity contribution in [3.05, 3.63) is 54.1 Å². The van der Waals surface area contributed by atoms with Gasteiger partial charge in [-0.3, -0.25) is 9.59 Å². The van der Waals surface area contributed by atoms with Gasteiger partial charge in [-0.05, 0) is 62.2 Å². The Morgan fingerprint density at radius 1 is 0.963 bits per heavy atom. The van der Waals surface area contributed by atoms with E-state index >= 15 is 0 Å². The van der Waals surface area contributed by atoms with E-state index in [1.165, 1.54) is 17.3 Å². The van der Waals surface area contributed by atoms with Crippen LogP contribution in [0.2, 0.25) is 0 Å². The average Bonchev–Trinajstić information content (AvgIpc) is 2.68. The molecule has 2 amide bonds. The fourth-order valence-electron chi connectivity index (χ4n) is 2.34. The van der Waals surface area contributed by atoms with Crippen LogP contribution in [0.4, 0.5) is 11.4 Å². The molecule has 0 fully saturated rings. The van der Waals surface area contributed by atoms with E-state index in [1.54, 1.807) is 19.1 Å². The molecular formula is C21H26N2O3S. The van der Waals surface area contributed by atoms with Gasteiger partial charge in [0.25, 0.3) is 0 Å². The Bertz CT molecular complexity index is 745. The van der Waals surface area contributed by atoms with Crippen LogP contribution in [0.15, 0.2) is 48.5 Å². The molecule has 27 heavy (non-hydrogen) atoms. The molecule has 0 saturated carbocycles. The third-order valence-corrected chi connectivity index (χ3v) is 5.06. The number of anilines is 2. The normalized spacial score (nSPS) is 11.5. The van der Waals surface area contributed by atoms with Crippen molar-refractivity contribution in [2.45, 2.75) is 32.4 Å². The molecule has 5 nitrogen and oxygen atoms in total. The second-order valence-corrected chi connectivity index (χ2v) is 7.33. The van der Waals surface area contributed by atoms with E-state index in [1.807, 2.05) is 43.3 Å². The summed E-state index contributed by atoms with van der Waals surface area (Å²) in [4.78, 5) is 24.3. The lowest BCUT2D eigenvalue weighted by Crippen LogP contribution is -2.25. The standard InChI is InChI=1S/C21H26N2O3S/c1-4-16-6-8-18(9-7-16)23-21(25)15(3)27-14-20(24)22-17-10-12-19(13-11-17)26-5-2/h6-13,15H,4-5,14H2,1-3H3,(H,22,24)(H,23,25)/t15-/m0/s1. The molecular weight excluding hydrogens is 360 g/mol. The molecule has 2 rings (SSSR count). The minimum absolute atomic E-state index is 0.113. The zero-order valence-electron chi connectivity index (χ0n) is 16.0. The van der Waals surface area contributed by atoms with E-state index in [9.17, 15) is 9.59 Å². The van der Waals surface area contributed by atoms with Gasteiger partial charge >= 0.3 is 0 Å². The van der Waals surface area contributed by atoms with Crippen LogP contribution < -0.4 is 15.4 Å². The van der Waals surface area contributed by atoms with E-state index in [0.29, 0.717) is 12.3 Å². The smallest absolute Gasteiger partial charge is 0.237 e. The summed E-state index contributed by atoms with van der Waals surface area (Å²) in [6, 6.07) is 15.0. The van der Waals surface area contributed by atoms with Crippen molar-refractivity contribution in [2.24, 2.45) is 0 Å². The number of rotatable bonds is 9. The first kappa shape index (κ1) is 20.8. The molecule has 0 heterocycles. The van der Waals surface area contributed by atoms with Crippen LogP contribution in [-0.2, 0) is 16.0 Å². The molecule has 0 aliphatic rings. The maximum Gasteiger partial charge on any atom is 0.237 e. The lowest BCUT2D eigenvalue weighted by molar-refractivity contribution is -0.115. The van der Waals surface area contributed by atoms with Gasteiger partial charge in [0.2, 0.25) is 11.8 Å². The molecule has 0 spiro atoms. The Labute approximate surface area is 164 Å². The average molecular weight is 387 g/mol. The molecule has 0 aliphatic heterocycles. The van der Waals surface area contributed by atoms with E-state index < -0.39 is 0 Å². The van der Waals surface area contributed by atoms with Crippen molar-refractivity contribution < 1.29 is 14.3 Å². The first-order valence-electron chi connectivity index (χ1n) is 9.06. The monoisotopic (exact) mass is 386 g/mol. The van der Waals surface area contributed by atoms with Gasteiger partial charge in [0.1, 0.15) is 5.75 Å². The van der Waals surface area contributed by atoms with Crippen LogP contribution in [0.25, 0.3) is 0 Å². The summed E-state index contributed by atoms with van der Waals surface area (Å²) in [6.07, 6.45) is 0.962. The summed E-state index contributed by atoms with van der Waals surface area (Å²) in [5.41, 5.74) is 2.70. The molecule has 144 valence electrons. The van der Waals surface area contributed by atoms with Crippen molar-refractivity contribution in [2.75, 3.05) is 23.0 Å².